The van der Waals surface area contributed by atoms with Gasteiger partial charge in [-0.05, 0) is 176 Å². The number of hydrogen-bond acceptors (Lipinski definition) is 25. The maximum Gasteiger partial charge on any atom is 0.417 e. The van der Waals surface area contributed by atoms with Gasteiger partial charge in [0.05, 0.1) is 45.0 Å². The van der Waals surface area contributed by atoms with Crippen molar-refractivity contribution in [1.29, 1.82) is 0 Å². The van der Waals surface area contributed by atoms with E-state index in [1.165, 1.54) is 36.7 Å². The second-order valence-corrected chi connectivity index (χ2v) is 25.3. The second-order valence-electron chi connectivity index (χ2n) is 23.7. The molecule has 11 N–H and O–H groups in total. The van der Waals surface area contributed by atoms with E-state index in [-0.39, 0.29) is 96.1 Å². The molecule has 6 aromatic heterocycles. The summed E-state index contributed by atoms with van der Waals surface area (Å²) < 4.78 is 154. The molecule has 6 aromatic carbocycles. The molecule has 4 amide bonds. The molecule has 0 aliphatic heterocycles. The monoisotopic (exact) mass is 1750 g/mol. The van der Waals surface area contributed by atoms with Crippen LogP contribution in [-0.2, 0) is 71.2 Å². The lowest BCUT2D eigenvalue weighted by Gasteiger charge is -2.12. The van der Waals surface area contributed by atoms with E-state index in [1.54, 1.807) is 117 Å². The number of nitrogens with one attached hydrogen (secondary N) is 4. The molecule has 31 nitrogen and oxygen atoms in total. The van der Waals surface area contributed by atoms with Crippen molar-refractivity contribution in [2.45, 2.75) is 70.9 Å². The highest BCUT2D eigenvalue weighted by Crippen LogP contribution is 2.40. The molecule has 6 heterocycles. The van der Waals surface area contributed by atoms with Gasteiger partial charge in [-0.25, -0.2) is 9.59 Å². The van der Waals surface area contributed by atoms with Crippen molar-refractivity contribution in [3.8, 4) is 69.2 Å². The van der Waals surface area contributed by atoms with E-state index in [2.05, 4.69) is 76.7 Å². The van der Waals surface area contributed by atoms with Crippen molar-refractivity contribution in [2.75, 3.05) is 29.2 Å². The summed E-state index contributed by atoms with van der Waals surface area (Å²) in [5, 5.41) is 33.3. The molecule has 44 heteroatoms. The number of aryl methyl sites for hydroxylation is 3. The molecule has 120 heavy (non-hydrogen) atoms. The number of ether oxygens (including phenoxy) is 5. The first-order valence-electron chi connectivity index (χ1n) is 34.1. The summed E-state index contributed by atoms with van der Waals surface area (Å²) in [6.07, 6.45) is -8.34. The number of primary amides is 1. The fourth-order valence-corrected chi connectivity index (χ4v) is 10.6. The van der Waals surface area contributed by atoms with Crippen LogP contribution in [0.2, 0.25) is 15.1 Å². The second kappa shape index (κ2) is 43.6. The average Bonchev–Trinajstić information content (AvgIpc) is 1.40. The minimum atomic E-state index is -4.63. The number of alkyl halides is 9. The number of nitrogens with zero attached hydrogens (tertiary/aromatic N) is 10. The van der Waals surface area contributed by atoms with E-state index in [0.717, 1.165) is 53.1 Å². The largest absolute Gasteiger partial charge is 0.459 e. The van der Waals surface area contributed by atoms with E-state index in [4.69, 9.17) is 79.9 Å². The number of anilines is 3. The molecule has 628 valence electrons. The van der Waals surface area contributed by atoms with Gasteiger partial charge in [0.15, 0.2) is 0 Å². The van der Waals surface area contributed by atoms with Crippen LogP contribution in [-0.4, -0.2) is 115 Å². The smallest absolute Gasteiger partial charge is 0.417 e. The summed E-state index contributed by atoms with van der Waals surface area (Å²) in [6, 6.07) is 40.2. The SMILES string of the molecule is CCOC(=O)C(=O)Cl.CCOC(=O)c1nnc(-c2cc(Oc3cccc(CCC(=O)Nc4ccc(Cl)c(C(F)(F)F)c4)c3)ccn2)o1.N.NC(=O)c1nnc(-c2cc(Oc3cccc(CCC(=O)Nc4ccc(Cl)c(C(F)(F)F)c4)c3)ccn2)o1.O.O=C(CCc1cccc(Oc2ccnc(-c3nn[nH]n3)c2)c1)Nc1ccc(Cl)c(C(F)(F)F)c1. The Morgan fingerprint density at radius 2 is 0.800 bits per heavy atom. The lowest BCUT2D eigenvalue weighted by molar-refractivity contribution is -0.150. The Kier molecular flexibility index (Phi) is 34.0. The first-order valence-corrected chi connectivity index (χ1v) is 35.6. The highest BCUT2D eigenvalue weighted by atomic mass is 35.5. The summed E-state index contributed by atoms with van der Waals surface area (Å²) in [5.74, 6) is -1.51. The number of pyridine rings is 3. The molecular weight excluding hydrogens is 1690 g/mol. The van der Waals surface area contributed by atoms with Crippen LogP contribution in [0.4, 0.5) is 56.6 Å². The van der Waals surface area contributed by atoms with E-state index >= 15 is 0 Å². The maximum absolute atomic E-state index is 13.1. The summed E-state index contributed by atoms with van der Waals surface area (Å²) in [7, 11) is 0. The van der Waals surface area contributed by atoms with Crippen LogP contribution in [0.15, 0.2) is 191 Å². The van der Waals surface area contributed by atoms with Crippen molar-refractivity contribution < 1.29 is 111 Å². The number of benzene rings is 6. The minimum Gasteiger partial charge on any atom is -0.459 e. The number of amides is 4. The van der Waals surface area contributed by atoms with E-state index in [0.29, 0.717) is 65.3 Å². The van der Waals surface area contributed by atoms with Gasteiger partial charge < -0.3 is 65.8 Å². The first-order chi connectivity index (χ1) is 56.2. The Labute approximate surface area is 691 Å². The number of carbonyl (C=O) groups excluding carboxylic acids is 7. The molecular formula is C76H63Cl4F9N16O15. The fourth-order valence-electron chi connectivity index (χ4n) is 9.87. The minimum absolute atomic E-state index is 0. The van der Waals surface area contributed by atoms with E-state index in [9.17, 15) is 73.1 Å². The third-order valence-corrected chi connectivity index (χ3v) is 16.3. The van der Waals surface area contributed by atoms with Crippen LogP contribution in [0, 0.1) is 0 Å². The lowest BCUT2D eigenvalue weighted by atomic mass is 10.1. The van der Waals surface area contributed by atoms with Crippen molar-refractivity contribution in [1.82, 2.24) is 62.1 Å². The molecule has 0 aliphatic carbocycles. The fraction of sp³-hybridized carbons (Fsp3) is 0.171. The van der Waals surface area contributed by atoms with Gasteiger partial charge >= 0.3 is 53.4 Å². The van der Waals surface area contributed by atoms with Gasteiger partial charge in [0.1, 0.15) is 51.6 Å². The summed E-state index contributed by atoms with van der Waals surface area (Å²) in [4.78, 5) is 92.1. The highest BCUT2D eigenvalue weighted by Gasteiger charge is 2.36. The molecule has 0 fully saturated rings. The number of halogens is 13. The van der Waals surface area contributed by atoms with Gasteiger partial charge in [0.25, 0.3) is 11.8 Å². The van der Waals surface area contributed by atoms with Crippen molar-refractivity contribution in [3.63, 3.8) is 0 Å². The van der Waals surface area contributed by atoms with E-state index < -0.39 is 91.1 Å². The van der Waals surface area contributed by atoms with Crippen LogP contribution in [0.3, 0.4) is 0 Å². The Hall–Kier alpha value is -13.5. The van der Waals surface area contributed by atoms with Crippen molar-refractivity contribution in [2.24, 2.45) is 5.73 Å². The topological polar surface area (TPSA) is 465 Å². The molecule has 12 aromatic rings. The van der Waals surface area contributed by atoms with E-state index in [1.807, 2.05) is 6.07 Å². The molecule has 0 spiro atoms. The number of esters is 2. The van der Waals surface area contributed by atoms with Gasteiger partial charge in [-0.3, -0.25) is 38.9 Å². The molecule has 12 rings (SSSR count). The molecule has 0 unspecified atom stereocenters. The van der Waals surface area contributed by atoms with Gasteiger partial charge in [0.2, 0.25) is 23.5 Å². The Morgan fingerprint density at radius 3 is 1.12 bits per heavy atom. The maximum atomic E-state index is 13.1. The Balaban J connectivity index is 0.000000235. The number of carbonyl (C=O) groups is 7. The third-order valence-electron chi connectivity index (χ3n) is 15.1. The zero-order chi connectivity index (χ0) is 85.3. The molecule has 0 bridgehead atoms. The number of rotatable bonds is 26. The lowest BCUT2D eigenvalue weighted by Crippen LogP contribution is -2.14. The first kappa shape index (κ1) is 93.6. The molecule has 0 saturated carbocycles. The predicted octanol–water partition coefficient (Wildman–Crippen LogP) is 16.6. The number of nitrogens with two attached hydrogens (primary N) is 1. The highest BCUT2D eigenvalue weighted by molar-refractivity contribution is 6.80. The van der Waals surface area contributed by atoms with Crippen LogP contribution in [0.1, 0.15) is 87.9 Å². The zero-order valence-corrected chi connectivity index (χ0v) is 64.9. The summed E-state index contributed by atoms with van der Waals surface area (Å²) >= 11 is 21.5. The molecule has 0 aliphatic rings. The molecule has 0 atom stereocenters. The molecule has 0 radical (unpaired) electrons. The van der Waals surface area contributed by atoms with Crippen LogP contribution in [0.25, 0.3) is 34.7 Å². The third kappa shape index (κ3) is 28.7. The van der Waals surface area contributed by atoms with Gasteiger partial charge in [-0.1, -0.05) is 71.2 Å². The van der Waals surface area contributed by atoms with Gasteiger partial charge in [-0.2, -0.15) is 44.7 Å². The normalized spacial score (nSPS) is 10.9. The Morgan fingerprint density at radius 1 is 0.450 bits per heavy atom. The summed E-state index contributed by atoms with van der Waals surface area (Å²) in [5.41, 5.74) is 5.43. The van der Waals surface area contributed by atoms with Crippen molar-refractivity contribution >= 4 is 104 Å². The summed E-state index contributed by atoms with van der Waals surface area (Å²) in [6.45, 7) is 3.58. The quantitative estimate of drug-likeness (QED) is 0.0127. The standard InChI is InChI=1S/C26H20ClF3N4O5.C24H17ClF3N5O4.C22H16ClF3N6O2.C4H5ClO3.H3N.H2O/c1-2-37-25(36)24-34-33-23(39-24)21-14-18(10-11-31-21)38-17-5-3-4-15(12-17)6-9-22(35)32-16-7-8-20(27)19(13-16)26(28,29)30;25-18-6-5-14(11-17(18)24(26,27)28)31-20(34)7-4-13-2-1-3-15(10-13)36-16-8-9-30-19(12-16)22-32-33-23(37-22)21(29)35;23-18-6-5-14(11-17(18)22(24,25)26)28-20(33)7-4-13-2-1-3-15(10-13)34-16-8-9-27-19(12-16)21-29-31-32-30-21;1-2-8-4(7)3(5)6;;/h3-5,7-8,10-14H,2,6,9H2,1H3,(H,32,35);1-3,5-6,8-12H,4,7H2,(H2,29,35)(H,31,34);1-3,5-6,8-12H,4,7H2,(H,28,33)(H,29,30,31,32);2H2,1H3;1H3;1H2. The van der Waals surface area contributed by atoms with Gasteiger partial charge in [-0.15, -0.1) is 30.6 Å². The van der Waals surface area contributed by atoms with Crippen LogP contribution < -0.4 is 42.0 Å². The number of aromatic amines is 1. The average molecular weight is 1750 g/mol. The number of hydrogen-bond donors (Lipinski definition) is 6. The Bertz CT molecular complexity index is 5560. The zero-order valence-electron chi connectivity index (χ0n) is 61.9. The number of aromatic nitrogens is 11. The predicted molar refractivity (Wildman–Crippen MR) is 413 cm³/mol. The van der Waals surface area contributed by atoms with Crippen molar-refractivity contribution in [3.05, 3.63) is 243 Å². The van der Waals surface area contributed by atoms with Crippen LogP contribution >= 0.6 is 46.4 Å². The van der Waals surface area contributed by atoms with Gasteiger partial charge in [0, 0.05) is 73.1 Å². The number of H-pyrrole nitrogens is 1. The van der Waals surface area contributed by atoms with Crippen LogP contribution in [0.5, 0.6) is 34.5 Å². The number of tetrazole rings is 1. The molecule has 0 saturated heterocycles.